The summed E-state index contributed by atoms with van der Waals surface area (Å²) in [6.07, 6.45) is -2.78. The highest BCUT2D eigenvalue weighted by Crippen LogP contribution is 2.37. The van der Waals surface area contributed by atoms with E-state index in [2.05, 4.69) is 26.3 Å². The van der Waals surface area contributed by atoms with Gasteiger partial charge in [-0.2, -0.15) is 18.3 Å². The molecule has 0 aliphatic rings. The summed E-state index contributed by atoms with van der Waals surface area (Å²) in [5.74, 6) is 0. The van der Waals surface area contributed by atoms with Crippen molar-refractivity contribution in [3.05, 3.63) is 51.8 Å². The summed E-state index contributed by atoms with van der Waals surface area (Å²) >= 11 is 2.94. The third-order valence-electron chi connectivity index (χ3n) is 3.07. The van der Waals surface area contributed by atoms with Gasteiger partial charge in [0.25, 0.3) is 0 Å². The molecular weight excluding hydrogens is 335 g/mol. The third kappa shape index (κ3) is 2.88. The van der Waals surface area contributed by atoms with Crippen molar-refractivity contribution in [2.24, 2.45) is 7.05 Å². The van der Waals surface area contributed by atoms with E-state index in [-0.39, 0.29) is 10.5 Å². The van der Waals surface area contributed by atoms with Gasteiger partial charge >= 0.3 is 6.18 Å². The summed E-state index contributed by atoms with van der Waals surface area (Å²) in [7, 11) is 3.45. The van der Waals surface area contributed by atoms with Crippen LogP contribution in [-0.2, 0) is 13.2 Å². The van der Waals surface area contributed by atoms with Gasteiger partial charge in [0.15, 0.2) is 0 Å². The predicted molar refractivity (Wildman–Crippen MR) is 73.3 cm³/mol. The zero-order valence-electron chi connectivity index (χ0n) is 10.9. The fraction of sp³-hybridized carbons (Fsp3) is 0.308. The largest absolute Gasteiger partial charge is 0.417 e. The Kier molecular flexibility index (Phi) is 4.19. The summed E-state index contributed by atoms with van der Waals surface area (Å²) < 4.78 is 40.5. The Labute approximate surface area is 122 Å². The van der Waals surface area contributed by atoms with E-state index in [0.717, 1.165) is 11.8 Å². The lowest BCUT2D eigenvalue weighted by Crippen LogP contribution is -2.21. The van der Waals surface area contributed by atoms with Crippen molar-refractivity contribution in [2.45, 2.75) is 12.2 Å². The van der Waals surface area contributed by atoms with E-state index < -0.39 is 11.7 Å². The first kappa shape index (κ1) is 15.1. The van der Waals surface area contributed by atoms with Crippen molar-refractivity contribution in [1.29, 1.82) is 0 Å². The Balaban J connectivity index is 2.49. The lowest BCUT2D eigenvalue weighted by atomic mass is 10.0. The van der Waals surface area contributed by atoms with Gasteiger partial charge in [-0.1, -0.05) is 22.0 Å². The van der Waals surface area contributed by atoms with Crippen LogP contribution < -0.4 is 5.32 Å². The summed E-state index contributed by atoms with van der Waals surface area (Å²) in [6, 6.07) is 5.65. The molecule has 0 aliphatic carbocycles. The number of nitrogens with one attached hydrogen (secondary N) is 1. The van der Waals surface area contributed by atoms with Crippen molar-refractivity contribution in [1.82, 2.24) is 15.1 Å². The maximum atomic E-state index is 12.9. The smallest absolute Gasteiger partial charge is 0.308 e. The normalized spacial score (nSPS) is 13.5. The zero-order valence-corrected chi connectivity index (χ0v) is 12.5. The highest BCUT2D eigenvalue weighted by molar-refractivity contribution is 9.10. The van der Waals surface area contributed by atoms with Gasteiger partial charge < -0.3 is 5.32 Å². The van der Waals surface area contributed by atoms with Crippen LogP contribution >= 0.6 is 15.9 Å². The fourth-order valence-corrected chi connectivity index (χ4v) is 2.56. The second kappa shape index (κ2) is 5.57. The molecule has 2 rings (SSSR count). The standard InChI is InChI=1S/C13H13BrF3N3/c1-18-12(11-5-6-19-20(11)2)8-3-4-10(14)9(7-8)13(15,16)17/h3-7,12,18H,1-2H3. The van der Waals surface area contributed by atoms with E-state index in [9.17, 15) is 13.2 Å². The molecule has 0 radical (unpaired) electrons. The second-order valence-electron chi connectivity index (χ2n) is 4.34. The maximum absolute atomic E-state index is 12.9. The first-order chi connectivity index (χ1) is 9.34. The number of hydrogen-bond acceptors (Lipinski definition) is 2. The quantitative estimate of drug-likeness (QED) is 0.920. The number of benzene rings is 1. The lowest BCUT2D eigenvalue weighted by Gasteiger charge is -2.19. The molecule has 2 aromatic rings. The van der Waals surface area contributed by atoms with E-state index in [1.807, 2.05) is 0 Å². The van der Waals surface area contributed by atoms with E-state index in [0.29, 0.717) is 5.56 Å². The first-order valence-corrected chi connectivity index (χ1v) is 6.65. The van der Waals surface area contributed by atoms with Gasteiger partial charge in [0.2, 0.25) is 0 Å². The van der Waals surface area contributed by atoms with Gasteiger partial charge in [-0.05, 0) is 30.8 Å². The molecular formula is C13H13BrF3N3. The van der Waals surface area contributed by atoms with E-state index in [1.54, 1.807) is 37.1 Å². The minimum atomic E-state index is -4.39. The third-order valence-corrected chi connectivity index (χ3v) is 3.76. The highest BCUT2D eigenvalue weighted by atomic mass is 79.9. The van der Waals surface area contributed by atoms with Crippen molar-refractivity contribution in [3.63, 3.8) is 0 Å². The Morgan fingerprint density at radius 1 is 1.30 bits per heavy atom. The molecule has 0 bridgehead atoms. The minimum Gasteiger partial charge on any atom is -0.308 e. The van der Waals surface area contributed by atoms with Crippen LogP contribution in [0.25, 0.3) is 0 Å². The topological polar surface area (TPSA) is 29.9 Å². The molecule has 7 heteroatoms. The van der Waals surface area contributed by atoms with E-state index >= 15 is 0 Å². The Morgan fingerprint density at radius 3 is 2.50 bits per heavy atom. The second-order valence-corrected chi connectivity index (χ2v) is 5.19. The lowest BCUT2D eigenvalue weighted by molar-refractivity contribution is -0.138. The predicted octanol–water partition coefficient (Wildman–Crippen LogP) is 3.51. The number of halogens is 4. The number of hydrogen-bond donors (Lipinski definition) is 1. The Morgan fingerprint density at radius 2 is 2.00 bits per heavy atom. The van der Waals surface area contributed by atoms with Crippen LogP contribution in [0.2, 0.25) is 0 Å². The number of nitrogens with zero attached hydrogens (tertiary/aromatic N) is 2. The number of alkyl halides is 3. The van der Waals surface area contributed by atoms with Crippen molar-refractivity contribution < 1.29 is 13.2 Å². The number of aromatic nitrogens is 2. The molecule has 1 N–H and O–H groups in total. The summed E-state index contributed by atoms with van der Waals surface area (Å²) in [5, 5.41) is 7.06. The molecule has 3 nitrogen and oxygen atoms in total. The summed E-state index contributed by atoms with van der Waals surface area (Å²) in [4.78, 5) is 0. The molecule has 0 saturated carbocycles. The van der Waals surface area contributed by atoms with Gasteiger partial charge in [-0.15, -0.1) is 0 Å². The van der Waals surface area contributed by atoms with Crippen LogP contribution in [0.15, 0.2) is 34.9 Å². The van der Waals surface area contributed by atoms with Crippen LogP contribution in [0.1, 0.15) is 22.9 Å². The molecule has 1 heterocycles. The summed E-state index contributed by atoms with van der Waals surface area (Å²) in [5.41, 5.74) is 0.645. The molecule has 1 atom stereocenters. The molecule has 0 spiro atoms. The van der Waals surface area contributed by atoms with Crippen LogP contribution in [0.4, 0.5) is 13.2 Å². The molecule has 1 aromatic carbocycles. The zero-order chi connectivity index (χ0) is 14.9. The summed E-state index contributed by atoms with van der Waals surface area (Å²) in [6.45, 7) is 0. The van der Waals surface area contributed by atoms with Crippen molar-refractivity contribution in [2.75, 3.05) is 7.05 Å². The van der Waals surface area contributed by atoms with Gasteiger partial charge in [-0.25, -0.2) is 0 Å². The SMILES string of the molecule is CNC(c1ccc(Br)c(C(F)(F)F)c1)c1ccnn1C. The van der Waals surface area contributed by atoms with Gasteiger partial charge in [0.1, 0.15) is 0 Å². The Hall–Kier alpha value is -1.34. The maximum Gasteiger partial charge on any atom is 0.417 e. The average Bonchev–Trinajstić information content (AvgIpc) is 2.77. The minimum absolute atomic E-state index is 0.0357. The van der Waals surface area contributed by atoms with Gasteiger partial charge in [0.05, 0.1) is 17.3 Å². The van der Waals surface area contributed by atoms with Crippen LogP contribution in [0.5, 0.6) is 0 Å². The monoisotopic (exact) mass is 347 g/mol. The molecule has 0 aliphatic heterocycles. The molecule has 0 amide bonds. The van der Waals surface area contributed by atoms with Gasteiger partial charge in [0, 0.05) is 17.7 Å². The molecule has 1 aromatic heterocycles. The number of aryl methyl sites for hydroxylation is 1. The molecule has 1 unspecified atom stereocenters. The molecule has 108 valence electrons. The molecule has 20 heavy (non-hydrogen) atoms. The number of rotatable bonds is 3. The average molecular weight is 348 g/mol. The van der Waals surface area contributed by atoms with E-state index in [1.165, 1.54) is 6.07 Å². The van der Waals surface area contributed by atoms with Crippen LogP contribution in [0.3, 0.4) is 0 Å². The first-order valence-electron chi connectivity index (χ1n) is 5.86. The van der Waals surface area contributed by atoms with Crippen LogP contribution in [0, 0.1) is 0 Å². The highest BCUT2D eigenvalue weighted by Gasteiger charge is 2.33. The fourth-order valence-electron chi connectivity index (χ4n) is 2.09. The van der Waals surface area contributed by atoms with Crippen molar-refractivity contribution in [3.8, 4) is 0 Å². The van der Waals surface area contributed by atoms with Crippen molar-refractivity contribution >= 4 is 15.9 Å². The van der Waals surface area contributed by atoms with Gasteiger partial charge in [-0.3, -0.25) is 4.68 Å². The van der Waals surface area contributed by atoms with E-state index in [4.69, 9.17) is 0 Å². The van der Waals surface area contributed by atoms with Crippen LogP contribution in [-0.4, -0.2) is 16.8 Å². The molecule has 0 fully saturated rings. The Bertz CT molecular complexity index is 607. The molecule has 0 saturated heterocycles.